The summed E-state index contributed by atoms with van der Waals surface area (Å²) >= 11 is 0. The molecule has 0 spiro atoms. The molecule has 1 rings (SSSR count). The van der Waals surface area contributed by atoms with Gasteiger partial charge in [-0.3, -0.25) is 14.4 Å². The van der Waals surface area contributed by atoms with Crippen LogP contribution in [0.5, 0.6) is 0 Å². The molecule has 0 aliphatic carbocycles. The van der Waals surface area contributed by atoms with E-state index in [-0.39, 0.29) is 12.5 Å². The van der Waals surface area contributed by atoms with Gasteiger partial charge in [0.25, 0.3) is 0 Å². The first kappa shape index (κ1) is 20.9. The highest BCUT2D eigenvalue weighted by molar-refractivity contribution is 5.92. The number of rotatable bonds is 9. The number of carboxylic acids is 1. The minimum Gasteiger partial charge on any atom is -0.481 e. The molecule has 0 aliphatic heterocycles. The predicted octanol–water partition coefficient (Wildman–Crippen LogP) is 0.382. The Morgan fingerprint density at radius 1 is 1.12 bits per heavy atom. The summed E-state index contributed by atoms with van der Waals surface area (Å²) in [7, 11) is 0. The smallest absolute Gasteiger partial charge is 0.408 e. The highest BCUT2D eigenvalue weighted by Crippen LogP contribution is 2.06. The Balaban J connectivity index is 2.65. The quantitative estimate of drug-likeness (QED) is 0.497. The molecule has 0 saturated carbocycles. The number of hydrogen-bond donors (Lipinski definition) is 4. The van der Waals surface area contributed by atoms with Crippen molar-refractivity contribution in [2.75, 3.05) is 0 Å². The van der Waals surface area contributed by atoms with Crippen LogP contribution in [0, 0.1) is 5.92 Å². The maximum atomic E-state index is 12.3. The molecule has 1 aromatic carbocycles. The van der Waals surface area contributed by atoms with Crippen molar-refractivity contribution in [3.8, 4) is 0 Å². The molecule has 0 bridgehead atoms. The number of nitrogens with one attached hydrogen (secondary N) is 2. The molecule has 9 nitrogen and oxygen atoms in total. The minimum absolute atomic E-state index is 0.0298. The number of hydrogen-bond acceptors (Lipinski definition) is 5. The first-order chi connectivity index (χ1) is 12.2. The number of alkyl carbamates (subject to hydrolysis) is 1. The minimum atomic E-state index is -1.37. The van der Waals surface area contributed by atoms with Crippen molar-refractivity contribution in [1.29, 1.82) is 0 Å². The van der Waals surface area contributed by atoms with E-state index in [1.54, 1.807) is 38.1 Å². The number of nitrogens with two attached hydrogens (primary N) is 1. The van der Waals surface area contributed by atoms with E-state index in [1.165, 1.54) is 0 Å². The van der Waals surface area contributed by atoms with Gasteiger partial charge in [-0.05, 0) is 11.5 Å². The summed E-state index contributed by atoms with van der Waals surface area (Å²) in [5, 5.41) is 13.4. The van der Waals surface area contributed by atoms with Crippen molar-refractivity contribution < 1.29 is 29.0 Å². The van der Waals surface area contributed by atoms with Crippen molar-refractivity contribution in [1.82, 2.24) is 10.6 Å². The predicted molar refractivity (Wildman–Crippen MR) is 91.8 cm³/mol. The number of carboxylic acid groups (broad SMARTS) is 1. The molecular weight excluding hydrogens is 342 g/mol. The molecule has 3 amide bonds. The third-order valence-corrected chi connectivity index (χ3v) is 3.47. The third kappa shape index (κ3) is 7.20. The van der Waals surface area contributed by atoms with E-state index in [4.69, 9.17) is 15.6 Å². The molecule has 142 valence electrons. The summed E-state index contributed by atoms with van der Waals surface area (Å²) in [6.45, 7) is 3.39. The zero-order valence-corrected chi connectivity index (χ0v) is 14.6. The second-order valence-electron chi connectivity index (χ2n) is 5.99. The van der Waals surface area contributed by atoms with Gasteiger partial charge in [-0.25, -0.2) is 4.79 Å². The Hall–Kier alpha value is -3.10. The summed E-state index contributed by atoms with van der Waals surface area (Å²) in [6.07, 6.45) is -1.46. The molecule has 0 heterocycles. The molecule has 5 N–H and O–H groups in total. The Kier molecular flexibility index (Phi) is 8.07. The third-order valence-electron chi connectivity index (χ3n) is 3.47. The normalized spacial score (nSPS) is 12.7. The highest BCUT2D eigenvalue weighted by atomic mass is 16.5. The van der Waals surface area contributed by atoms with Gasteiger partial charge in [-0.15, -0.1) is 0 Å². The van der Waals surface area contributed by atoms with Crippen LogP contribution in [0.1, 0.15) is 25.8 Å². The molecule has 0 saturated heterocycles. The monoisotopic (exact) mass is 365 g/mol. The molecule has 0 fully saturated rings. The van der Waals surface area contributed by atoms with Crippen molar-refractivity contribution in [3.63, 3.8) is 0 Å². The lowest BCUT2D eigenvalue weighted by atomic mass is 10.0. The fraction of sp³-hybridized carbons (Fsp3) is 0.412. The van der Waals surface area contributed by atoms with E-state index in [1.807, 2.05) is 6.07 Å². The van der Waals surface area contributed by atoms with E-state index in [2.05, 4.69) is 10.6 Å². The number of aliphatic carboxylic acids is 1. The summed E-state index contributed by atoms with van der Waals surface area (Å²) in [5.74, 6) is -3.32. The lowest BCUT2D eigenvalue weighted by molar-refractivity contribution is -0.140. The number of amides is 3. The Bertz CT molecular complexity index is 647. The van der Waals surface area contributed by atoms with Gasteiger partial charge in [-0.2, -0.15) is 0 Å². The van der Waals surface area contributed by atoms with E-state index in [9.17, 15) is 19.2 Å². The maximum absolute atomic E-state index is 12.3. The van der Waals surface area contributed by atoms with E-state index < -0.39 is 42.4 Å². The molecule has 0 aromatic heterocycles. The highest BCUT2D eigenvalue weighted by Gasteiger charge is 2.29. The van der Waals surface area contributed by atoms with Crippen LogP contribution in [0.25, 0.3) is 0 Å². The van der Waals surface area contributed by atoms with Crippen molar-refractivity contribution in [3.05, 3.63) is 35.9 Å². The number of carbonyl (C=O) groups excluding carboxylic acids is 3. The Morgan fingerprint density at radius 3 is 2.23 bits per heavy atom. The van der Waals surface area contributed by atoms with Gasteiger partial charge in [0.1, 0.15) is 18.7 Å². The maximum Gasteiger partial charge on any atom is 0.408 e. The lowest BCUT2D eigenvalue weighted by Gasteiger charge is -2.23. The molecule has 26 heavy (non-hydrogen) atoms. The molecular formula is C17H23N3O6. The van der Waals surface area contributed by atoms with Crippen LogP contribution < -0.4 is 16.4 Å². The largest absolute Gasteiger partial charge is 0.481 e. The van der Waals surface area contributed by atoms with Crippen molar-refractivity contribution >= 4 is 23.9 Å². The zero-order valence-electron chi connectivity index (χ0n) is 14.6. The van der Waals surface area contributed by atoms with Crippen LogP contribution in [0.3, 0.4) is 0 Å². The molecule has 0 unspecified atom stereocenters. The van der Waals surface area contributed by atoms with Gasteiger partial charge in [0, 0.05) is 0 Å². The van der Waals surface area contributed by atoms with E-state index in [0.29, 0.717) is 0 Å². The second kappa shape index (κ2) is 10.0. The Labute approximate surface area is 150 Å². The summed E-state index contributed by atoms with van der Waals surface area (Å²) < 4.78 is 5.06. The average Bonchev–Trinajstić information content (AvgIpc) is 2.57. The van der Waals surface area contributed by atoms with Crippen molar-refractivity contribution in [2.45, 2.75) is 39.0 Å². The SMILES string of the molecule is CC(C)[C@H](NC(=O)OCc1ccccc1)C(=O)N[C@@H](CC(=O)O)C(N)=O. The van der Waals surface area contributed by atoms with Gasteiger partial charge in [0.2, 0.25) is 11.8 Å². The average molecular weight is 365 g/mol. The summed E-state index contributed by atoms with van der Waals surface area (Å²) in [6, 6.07) is 6.60. The topological polar surface area (TPSA) is 148 Å². The number of benzene rings is 1. The van der Waals surface area contributed by atoms with Gasteiger partial charge in [0.05, 0.1) is 6.42 Å². The lowest BCUT2D eigenvalue weighted by Crippen LogP contribution is -2.55. The molecule has 9 heteroatoms. The fourth-order valence-electron chi connectivity index (χ4n) is 2.09. The molecule has 0 aliphatic rings. The fourth-order valence-corrected chi connectivity index (χ4v) is 2.09. The van der Waals surface area contributed by atoms with Gasteiger partial charge >= 0.3 is 12.1 Å². The molecule has 2 atom stereocenters. The number of carbonyl (C=O) groups is 4. The standard InChI is InChI=1S/C17H23N3O6/c1-10(2)14(16(24)19-12(15(18)23)8-13(21)22)20-17(25)26-9-11-6-4-3-5-7-11/h3-7,10,12,14H,8-9H2,1-2H3,(H2,18,23)(H,19,24)(H,20,25)(H,21,22)/t12-,14-/m0/s1. The van der Waals surface area contributed by atoms with Crippen LogP contribution >= 0.6 is 0 Å². The van der Waals surface area contributed by atoms with Crippen LogP contribution in [0.2, 0.25) is 0 Å². The van der Waals surface area contributed by atoms with Gasteiger partial charge < -0.3 is 26.2 Å². The second-order valence-corrected chi connectivity index (χ2v) is 5.99. The van der Waals surface area contributed by atoms with Crippen LogP contribution in [-0.2, 0) is 25.7 Å². The number of ether oxygens (including phenoxy) is 1. The summed E-state index contributed by atoms with van der Waals surface area (Å²) in [4.78, 5) is 46.3. The van der Waals surface area contributed by atoms with E-state index >= 15 is 0 Å². The van der Waals surface area contributed by atoms with Gasteiger partial charge in [0.15, 0.2) is 0 Å². The van der Waals surface area contributed by atoms with Crippen molar-refractivity contribution in [2.24, 2.45) is 11.7 Å². The molecule has 1 aromatic rings. The zero-order chi connectivity index (χ0) is 19.7. The van der Waals surface area contributed by atoms with Gasteiger partial charge in [-0.1, -0.05) is 44.2 Å². The first-order valence-electron chi connectivity index (χ1n) is 7.99. The van der Waals surface area contributed by atoms with E-state index in [0.717, 1.165) is 5.56 Å². The number of primary amides is 1. The molecule has 0 radical (unpaired) electrons. The first-order valence-corrected chi connectivity index (χ1v) is 7.99. The van der Waals surface area contributed by atoms with Crippen LogP contribution in [-0.4, -0.2) is 41.1 Å². The Morgan fingerprint density at radius 2 is 1.73 bits per heavy atom. The van der Waals surface area contributed by atoms with Crippen LogP contribution in [0.15, 0.2) is 30.3 Å². The summed E-state index contributed by atoms with van der Waals surface area (Å²) in [5.41, 5.74) is 5.87. The van der Waals surface area contributed by atoms with Crippen LogP contribution in [0.4, 0.5) is 4.79 Å².